The minimum absolute atomic E-state index is 0.0214. The number of halogens is 3. The van der Waals surface area contributed by atoms with Gasteiger partial charge in [0.2, 0.25) is 0 Å². The van der Waals surface area contributed by atoms with Crippen molar-refractivity contribution in [3.63, 3.8) is 0 Å². The Morgan fingerprint density at radius 2 is 1.75 bits per heavy atom. The van der Waals surface area contributed by atoms with Gasteiger partial charge >= 0.3 is 0 Å². The van der Waals surface area contributed by atoms with Crippen molar-refractivity contribution in [2.24, 2.45) is 5.73 Å². The minimum atomic E-state index is -0.629. The molecule has 2 aliphatic rings. The molecule has 1 aromatic rings. The molecule has 0 aromatic heterocycles. The first kappa shape index (κ1) is 10.5. The van der Waals surface area contributed by atoms with Crippen LogP contribution in [0.3, 0.4) is 0 Å². The van der Waals surface area contributed by atoms with E-state index in [4.69, 9.17) is 17.3 Å². The van der Waals surface area contributed by atoms with E-state index in [-0.39, 0.29) is 10.6 Å². The Morgan fingerprint density at radius 3 is 2.25 bits per heavy atom. The van der Waals surface area contributed by atoms with E-state index in [9.17, 15) is 8.78 Å². The molecule has 0 unspecified atom stereocenters. The summed E-state index contributed by atoms with van der Waals surface area (Å²) in [6.07, 6.45) is 3.21. The van der Waals surface area contributed by atoms with Crippen LogP contribution in [0.2, 0.25) is 5.02 Å². The smallest absolute Gasteiger partial charge is 0.148 e. The third kappa shape index (κ3) is 1.19. The molecule has 1 nitrogen and oxygen atoms in total. The van der Waals surface area contributed by atoms with Gasteiger partial charge in [0.1, 0.15) is 11.6 Å². The standard InChI is InChI=1S/C12H12ClF2N/c13-7-1-2-8(14)9(10(7)15)11(3-4-11)12(16)5-6-12/h1-2H,3-6,16H2. The van der Waals surface area contributed by atoms with Crippen LogP contribution in [0, 0.1) is 11.6 Å². The summed E-state index contributed by atoms with van der Waals surface area (Å²) in [7, 11) is 0. The van der Waals surface area contributed by atoms with Crippen LogP contribution in [-0.4, -0.2) is 5.54 Å². The molecule has 16 heavy (non-hydrogen) atoms. The van der Waals surface area contributed by atoms with Crippen LogP contribution in [0.1, 0.15) is 31.2 Å². The lowest BCUT2D eigenvalue weighted by Gasteiger charge is -2.24. The normalized spacial score (nSPS) is 24.2. The number of hydrogen-bond acceptors (Lipinski definition) is 1. The first-order valence-corrected chi connectivity index (χ1v) is 5.81. The molecule has 3 rings (SSSR count). The van der Waals surface area contributed by atoms with Crippen molar-refractivity contribution >= 4 is 11.6 Å². The van der Waals surface area contributed by atoms with Crippen LogP contribution in [-0.2, 0) is 5.41 Å². The zero-order valence-electron chi connectivity index (χ0n) is 8.69. The predicted octanol–water partition coefficient (Wildman–Crippen LogP) is 3.14. The lowest BCUT2D eigenvalue weighted by molar-refractivity contribution is 0.443. The van der Waals surface area contributed by atoms with Gasteiger partial charge in [-0.1, -0.05) is 11.6 Å². The van der Waals surface area contributed by atoms with Gasteiger partial charge in [-0.3, -0.25) is 0 Å². The highest BCUT2D eigenvalue weighted by Crippen LogP contribution is 2.64. The Hall–Kier alpha value is -0.670. The second kappa shape index (κ2) is 2.96. The zero-order chi connectivity index (χ0) is 11.6. The molecule has 0 saturated heterocycles. The topological polar surface area (TPSA) is 26.0 Å². The number of rotatable bonds is 2. The van der Waals surface area contributed by atoms with Gasteiger partial charge in [-0.25, -0.2) is 8.78 Å². The van der Waals surface area contributed by atoms with E-state index in [2.05, 4.69) is 0 Å². The molecule has 0 aliphatic heterocycles. The Labute approximate surface area is 97.6 Å². The van der Waals surface area contributed by atoms with E-state index in [1.807, 2.05) is 0 Å². The first-order chi connectivity index (χ1) is 7.50. The summed E-state index contributed by atoms with van der Waals surface area (Å²) in [6, 6.07) is 2.48. The van der Waals surface area contributed by atoms with Crippen LogP contribution in [0.5, 0.6) is 0 Å². The van der Waals surface area contributed by atoms with Gasteiger partial charge in [-0.05, 0) is 37.8 Å². The maximum Gasteiger partial charge on any atom is 0.148 e. The molecule has 0 heterocycles. The van der Waals surface area contributed by atoms with Crippen LogP contribution < -0.4 is 5.73 Å². The monoisotopic (exact) mass is 243 g/mol. The summed E-state index contributed by atoms with van der Waals surface area (Å²) in [5, 5.41) is -0.0214. The molecule has 4 heteroatoms. The molecule has 1 aromatic carbocycles. The Kier molecular flexibility index (Phi) is 1.94. The summed E-state index contributed by atoms with van der Waals surface area (Å²) >= 11 is 5.71. The maximum atomic E-state index is 13.9. The van der Waals surface area contributed by atoms with Gasteiger partial charge in [-0.2, -0.15) is 0 Å². The van der Waals surface area contributed by atoms with Gasteiger partial charge in [0.05, 0.1) is 5.02 Å². The molecule has 2 aliphatic carbocycles. The highest BCUT2D eigenvalue weighted by atomic mass is 35.5. The molecule has 0 amide bonds. The molecular weight excluding hydrogens is 232 g/mol. The van der Waals surface area contributed by atoms with E-state index >= 15 is 0 Å². The Balaban J connectivity index is 2.17. The van der Waals surface area contributed by atoms with Gasteiger partial charge < -0.3 is 5.73 Å². The van der Waals surface area contributed by atoms with Crippen molar-refractivity contribution in [2.75, 3.05) is 0 Å². The molecule has 0 radical (unpaired) electrons. The summed E-state index contributed by atoms with van der Waals surface area (Å²) < 4.78 is 27.7. The van der Waals surface area contributed by atoms with E-state index in [0.29, 0.717) is 0 Å². The summed E-state index contributed by atoms with van der Waals surface area (Å²) in [5.74, 6) is -1.15. The molecule has 2 fully saturated rings. The fraction of sp³-hybridized carbons (Fsp3) is 0.500. The Bertz CT molecular complexity index is 464. The molecule has 0 atom stereocenters. The zero-order valence-corrected chi connectivity index (χ0v) is 9.45. The van der Waals surface area contributed by atoms with E-state index in [1.54, 1.807) is 0 Å². The van der Waals surface area contributed by atoms with Crippen molar-refractivity contribution in [3.05, 3.63) is 34.4 Å². The highest BCUT2D eigenvalue weighted by molar-refractivity contribution is 6.30. The lowest BCUT2D eigenvalue weighted by atomic mass is 9.85. The van der Waals surface area contributed by atoms with Crippen LogP contribution >= 0.6 is 11.6 Å². The molecule has 86 valence electrons. The molecule has 0 spiro atoms. The second-order valence-electron chi connectivity index (χ2n) is 4.96. The SMILES string of the molecule is NC1(C2(c3c(F)ccc(Cl)c3F)CC2)CC1. The fourth-order valence-electron chi connectivity index (χ4n) is 2.70. The maximum absolute atomic E-state index is 13.9. The van der Waals surface area contributed by atoms with Gasteiger partial charge in [0.15, 0.2) is 0 Å². The van der Waals surface area contributed by atoms with E-state index < -0.39 is 22.6 Å². The predicted molar refractivity (Wildman–Crippen MR) is 58.4 cm³/mol. The number of benzene rings is 1. The highest BCUT2D eigenvalue weighted by Gasteiger charge is 2.65. The molecule has 0 bridgehead atoms. The van der Waals surface area contributed by atoms with E-state index in [0.717, 1.165) is 25.7 Å². The Morgan fingerprint density at radius 1 is 1.12 bits per heavy atom. The minimum Gasteiger partial charge on any atom is -0.324 e. The molecular formula is C12H12ClF2N. The largest absolute Gasteiger partial charge is 0.324 e. The van der Waals surface area contributed by atoms with Crippen molar-refractivity contribution in [1.82, 2.24) is 0 Å². The van der Waals surface area contributed by atoms with Crippen molar-refractivity contribution in [2.45, 2.75) is 36.6 Å². The van der Waals surface area contributed by atoms with Crippen molar-refractivity contribution in [3.8, 4) is 0 Å². The van der Waals surface area contributed by atoms with Crippen molar-refractivity contribution in [1.29, 1.82) is 0 Å². The van der Waals surface area contributed by atoms with Crippen LogP contribution in [0.25, 0.3) is 0 Å². The summed E-state index contributed by atoms with van der Waals surface area (Å²) in [6.45, 7) is 0. The molecule has 2 saturated carbocycles. The number of hydrogen-bond donors (Lipinski definition) is 1. The summed E-state index contributed by atoms with van der Waals surface area (Å²) in [5.41, 5.74) is 5.34. The fourth-order valence-corrected chi connectivity index (χ4v) is 2.86. The third-order valence-corrected chi connectivity index (χ3v) is 4.31. The van der Waals surface area contributed by atoms with Gasteiger partial charge in [-0.15, -0.1) is 0 Å². The van der Waals surface area contributed by atoms with E-state index in [1.165, 1.54) is 12.1 Å². The van der Waals surface area contributed by atoms with Crippen molar-refractivity contribution < 1.29 is 8.78 Å². The third-order valence-electron chi connectivity index (χ3n) is 4.01. The molecule has 2 N–H and O–H groups in total. The van der Waals surface area contributed by atoms with Gasteiger partial charge in [0.25, 0.3) is 0 Å². The summed E-state index contributed by atoms with van der Waals surface area (Å²) in [4.78, 5) is 0. The first-order valence-electron chi connectivity index (χ1n) is 5.43. The average molecular weight is 244 g/mol. The average Bonchev–Trinajstić information content (AvgIpc) is 3.10. The van der Waals surface area contributed by atoms with Crippen LogP contribution in [0.15, 0.2) is 12.1 Å². The van der Waals surface area contributed by atoms with Crippen LogP contribution in [0.4, 0.5) is 8.78 Å². The van der Waals surface area contributed by atoms with Gasteiger partial charge in [0, 0.05) is 16.5 Å². The quantitative estimate of drug-likeness (QED) is 0.794. The number of nitrogens with two attached hydrogens (primary N) is 1. The second-order valence-corrected chi connectivity index (χ2v) is 5.36. The lowest BCUT2D eigenvalue weighted by Crippen LogP contribution is -2.38.